The minimum atomic E-state index is -0.431. The fourth-order valence-corrected chi connectivity index (χ4v) is 2.49. The highest BCUT2D eigenvalue weighted by molar-refractivity contribution is 6.19. The molecular weight excluding hydrogens is 264 g/mol. The predicted octanol–water partition coefficient (Wildman–Crippen LogP) is 2.00. The average Bonchev–Trinajstić information content (AvgIpc) is 2.38. The highest BCUT2D eigenvalue weighted by atomic mass is 35.5. The lowest BCUT2D eigenvalue weighted by Crippen LogP contribution is -2.46. The predicted molar refractivity (Wildman–Crippen MR) is 74.3 cm³/mol. The van der Waals surface area contributed by atoms with Crippen LogP contribution in [0.3, 0.4) is 0 Å². The first kappa shape index (κ1) is 13.9. The van der Waals surface area contributed by atoms with Crippen molar-refractivity contribution < 1.29 is 9.59 Å². The van der Waals surface area contributed by atoms with Crippen molar-refractivity contribution in [3.05, 3.63) is 35.4 Å². The van der Waals surface area contributed by atoms with Crippen molar-refractivity contribution >= 4 is 23.5 Å². The van der Waals surface area contributed by atoms with E-state index in [4.69, 9.17) is 11.6 Å². The summed E-state index contributed by atoms with van der Waals surface area (Å²) in [4.78, 5) is 22.9. The Morgan fingerprint density at radius 2 is 2.00 bits per heavy atom. The first-order valence-corrected chi connectivity index (χ1v) is 6.95. The van der Waals surface area contributed by atoms with Crippen molar-refractivity contribution in [2.75, 3.05) is 5.88 Å². The van der Waals surface area contributed by atoms with Gasteiger partial charge < -0.3 is 5.32 Å². The van der Waals surface area contributed by atoms with E-state index in [2.05, 4.69) is 22.8 Å². The number of carbonyl (C=O) groups excluding carboxylic acids is 2. The molecule has 19 heavy (non-hydrogen) atoms. The van der Waals surface area contributed by atoms with Gasteiger partial charge in [-0.05, 0) is 30.4 Å². The van der Waals surface area contributed by atoms with Crippen LogP contribution in [0.25, 0.3) is 0 Å². The van der Waals surface area contributed by atoms with Gasteiger partial charge in [0.05, 0.1) is 0 Å². The summed E-state index contributed by atoms with van der Waals surface area (Å²) < 4.78 is 0. The van der Waals surface area contributed by atoms with Crippen molar-refractivity contribution in [3.63, 3.8) is 0 Å². The number of hydrogen-bond acceptors (Lipinski definition) is 2. The summed E-state index contributed by atoms with van der Waals surface area (Å²) in [5.74, 6) is -0.126. The molecule has 0 spiro atoms. The fourth-order valence-electron chi connectivity index (χ4n) is 2.32. The van der Waals surface area contributed by atoms with Gasteiger partial charge in [0.1, 0.15) is 0 Å². The lowest BCUT2D eigenvalue weighted by Gasteiger charge is -2.25. The van der Waals surface area contributed by atoms with Gasteiger partial charge in [-0.15, -0.1) is 11.6 Å². The number of aryl methyl sites for hydroxylation is 1. The highest BCUT2D eigenvalue weighted by Crippen LogP contribution is 2.20. The van der Waals surface area contributed by atoms with E-state index < -0.39 is 6.03 Å². The minimum absolute atomic E-state index is 0.0821. The molecule has 2 N–H and O–H groups in total. The number of benzene rings is 1. The minimum Gasteiger partial charge on any atom is -0.335 e. The van der Waals surface area contributed by atoms with E-state index in [1.165, 1.54) is 11.1 Å². The first-order valence-electron chi connectivity index (χ1n) is 6.42. The maximum Gasteiger partial charge on any atom is 0.321 e. The number of nitrogens with one attached hydrogen (secondary N) is 2. The maximum atomic E-state index is 11.6. The molecule has 0 bridgehead atoms. The maximum absolute atomic E-state index is 11.6. The molecule has 0 aliphatic heterocycles. The molecule has 0 radical (unpaired) electrons. The van der Waals surface area contributed by atoms with Crippen LogP contribution in [0.15, 0.2) is 24.3 Å². The Kier molecular flexibility index (Phi) is 4.80. The quantitative estimate of drug-likeness (QED) is 0.832. The standard InChI is InChI=1S/C14H17ClN2O2/c15-8-7-13(18)17-14(19)16-12-6-5-10-3-1-2-4-11(10)9-12/h1-4,12H,5-9H2,(H2,16,17,18,19). The summed E-state index contributed by atoms with van der Waals surface area (Å²) in [6.07, 6.45) is 2.82. The van der Waals surface area contributed by atoms with Gasteiger partial charge in [0, 0.05) is 18.3 Å². The Morgan fingerprint density at radius 3 is 2.74 bits per heavy atom. The van der Waals surface area contributed by atoms with E-state index in [9.17, 15) is 9.59 Å². The van der Waals surface area contributed by atoms with Crippen molar-refractivity contribution in [1.29, 1.82) is 0 Å². The van der Waals surface area contributed by atoms with E-state index in [1.54, 1.807) is 0 Å². The van der Waals surface area contributed by atoms with Crippen molar-refractivity contribution in [1.82, 2.24) is 10.6 Å². The van der Waals surface area contributed by atoms with Crippen LogP contribution in [0.5, 0.6) is 0 Å². The number of fused-ring (bicyclic) bond motifs is 1. The van der Waals surface area contributed by atoms with Crippen molar-refractivity contribution in [2.45, 2.75) is 31.7 Å². The van der Waals surface area contributed by atoms with Crippen molar-refractivity contribution in [3.8, 4) is 0 Å². The molecule has 0 saturated carbocycles. The normalized spacial score (nSPS) is 17.4. The lowest BCUT2D eigenvalue weighted by atomic mass is 9.88. The number of alkyl halides is 1. The number of carbonyl (C=O) groups is 2. The molecule has 1 atom stereocenters. The second-order valence-electron chi connectivity index (χ2n) is 4.67. The van der Waals surface area contributed by atoms with E-state index in [0.717, 1.165) is 19.3 Å². The molecule has 0 saturated heterocycles. The van der Waals surface area contributed by atoms with Gasteiger partial charge >= 0.3 is 6.03 Å². The zero-order chi connectivity index (χ0) is 13.7. The largest absolute Gasteiger partial charge is 0.335 e. The van der Waals surface area contributed by atoms with Gasteiger partial charge in [0.25, 0.3) is 0 Å². The van der Waals surface area contributed by atoms with Gasteiger partial charge in [0.2, 0.25) is 5.91 Å². The molecule has 1 aromatic carbocycles. The molecule has 1 aliphatic carbocycles. The second kappa shape index (κ2) is 6.57. The monoisotopic (exact) mass is 280 g/mol. The van der Waals surface area contributed by atoms with E-state index in [-0.39, 0.29) is 24.2 Å². The van der Waals surface area contributed by atoms with Crippen LogP contribution < -0.4 is 10.6 Å². The summed E-state index contributed by atoms with van der Waals surface area (Å²) >= 11 is 5.44. The molecule has 102 valence electrons. The third kappa shape index (κ3) is 3.96. The van der Waals surface area contributed by atoms with Gasteiger partial charge in [-0.25, -0.2) is 4.79 Å². The summed E-state index contributed by atoms with van der Waals surface area (Å²) in [6, 6.07) is 7.89. The van der Waals surface area contributed by atoms with Gasteiger partial charge in [0.15, 0.2) is 0 Å². The highest BCUT2D eigenvalue weighted by Gasteiger charge is 2.20. The number of rotatable bonds is 3. The van der Waals surface area contributed by atoms with Crippen LogP contribution in [0.4, 0.5) is 4.79 Å². The molecule has 2 rings (SSSR count). The van der Waals surface area contributed by atoms with E-state index in [0.29, 0.717) is 0 Å². The van der Waals surface area contributed by atoms with Crippen LogP contribution in [0.1, 0.15) is 24.0 Å². The summed E-state index contributed by atoms with van der Waals surface area (Å²) in [7, 11) is 0. The zero-order valence-electron chi connectivity index (χ0n) is 10.6. The molecule has 1 aliphatic rings. The first-order chi connectivity index (χ1) is 9.19. The van der Waals surface area contributed by atoms with Crippen LogP contribution in [0, 0.1) is 0 Å². The van der Waals surface area contributed by atoms with Crippen molar-refractivity contribution in [2.24, 2.45) is 0 Å². The van der Waals surface area contributed by atoms with Gasteiger partial charge in [-0.2, -0.15) is 0 Å². The Morgan fingerprint density at radius 1 is 1.26 bits per heavy atom. The fraction of sp³-hybridized carbons (Fsp3) is 0.429. The lowest BCUT2D eigenvalue weighted by molar-refractivity contribution is -0.119. The molecular formula is C14H17ClN2O2. The number of urea groups is 1. The number of amides is 3. The van der Waals surface area contributed by atoms with Gasteiger partial charge in [-0.3, -0.25) is 10.1 Å². The van der Waals surface area contributed by atoms with E-state index >= 15 is 0 Å². The topological polar surface area (TPSA) is 58.2 Å². The second-order valence-corrected chi connectivity index (χ2v) is 5.05. The number of imide groups is 1. The molecule has 0 fully saturated rings. The molecule has 0 heterocycles. The molecule has 1 unspecified atom stereocenters. The van der Waals surface area contributed by atoms with Crippen LogP contribution >= 0.6 is 11.6 Å². The van der Waals surface area contributed by atoms with E-state index in [1.807, 2.05) is 12.1 Å². The Bertz CT molecular complexity index is 476. The summed E-state index contributed by atoms with van der Waals surface area (Å²) in [5.41, 5.74) is 2.62. The number of halogens is 1. The molecule has 1 aromatic rings. The Balaban J connectivity index is 1.85. The van der Waals surface area contributed by atoms with Gasteiger partial charge in [-0.1, -0.05) is 24.3 Å². The number of hydrogen-bond donors (Lipinski definition) is 2. The summed E-state index contributed by atoms with van der Waals surface area (Å²) in [6.45, 7) is 0. The SMILES string of the molecule is O=C(CCCl)NC(=O)NC1CCc2ccccc2C1. The van der Waals surface area contributed by atoms with Crippen LogP contribution in [-0.4, -0.2) is 23.9 Å². The average molecular weight is 281 g/mol. The smallest absolute Gasteiger partial charge is 0.321 e. The Labute approximate surface area is 117 Å². The third-order valence-electron chi connectivity index (χ3n) is 3.26. The molecule has 5 heteroatoms. The zero-order valence-corrected chi connectivity index (χ0v) is 11.4. The van der Waals surface area contributed by atoms with Crippen LogP contribution in [0.2, 0.25) is 0 Å². The molecule has 0 aromatic heterocycles. The summed E-state index contributed by atoms with van der Waals surface area (Å²) in [5, 5.41) is 5.11. The molecule has 3 amide bonds. The third-order valence-corrected chi connectivity index (χ3v) is 3.45. The molecule has 4 nitrogen and oxygen atoms in total. The Hall–Kier alpha value is -1.55. The van der Waals surface area contributed by atoms with Crippen LogP contribution in [-0.2, 0) is 17.6 Å².